The molecule has 0 aliphatic carbocycles. The molecule has 3 rings (SSSR count). The molecule has 26 heavy (non-hydrogen) atoms. The van der Waals surface area contributed by atoms with Crippen LogP contribution in [0.2, 0.25) is 0 Å². The molecule has 0 saturated heterocycles. The zero-order chi connectivity index (χ0) is 18.4. The standard InChI is InChI=1S/C25H28O/c1-4-19(3)22-12-9-13-23(16-22)25-17-24(15-14-21(25)5-2)26-18-20-10-7-6-8-11-20/h6-17,19H,4-5,18H2,1-3H3/t19-/m1/s1. The maximum Gasteiger partial charge on any atom is 0.120 e. The molecule has 0 heterocycles. The molecule has 1 nitrogen and oxygen atoms in total. The van der Waals surface area contributed by atoms with Crippen molar-refractivity contribution in [2.24, 2.45) is 0 Å². The third-order valence-corrected chi connectivity index (χ3v) is 5.09. The minimum Gasteiger partial charge on any atom is -0.489 e. The van der Waals surface area contributed by atoms with E-state index in [4.69, 9.17) is 4.74 Å². The van der Waals surface area contributed by atoms with Crippen LogP contribution in [0.5, 0.6) is 5.75 Å². The Morgan fingerprint density at radius 1 is 0.846 bits per heavy atom. The second-order valence-electron chi connectivity index (χ2n) is 6.88. The lowest BCUT2D eigenvalue weighted by Gasteiger charge is -2.15. The second-order valence-corrected chi connectivity index (χ2v) is 6.88. The van der Waals surface area contributed by atoms with Crippen molar-refractivity contribution >= 4 is 0 Å². The lowest BCUT2D eigenvalue weighted by atomic mass is 9.92. The lowest BCUT2D eigenvalue weighted by molar-refractivity contribution is 0.306. The van der Waals surface area contributed by atoms with Gasteiger partial charge in [0.25, 0.3) is 0 Å². The predicted octanol–water partition coefficient (Wildman–Crippen LogP) is 7.01. The molecular formula is C25H28O. The maximum atomic E-state index is 6.05. The van der Waals surface area contributed by atoms with Crippen molar-refractivity contribution in [2.75, 3.05) is 0 Å². The topological polar surface area (TPSA) is 9.23 Å². The fourth-order valence-electron chi connectivity index (χ4n) is 3.21. The first-order chi connectivity index (χ1) is 12.7. The van der Waals surface area contributed by atoms with Crippen molar-refractivity contribution in [3.8, 4) is 16.9 Å². The number of rotatable bonds is 7. The van der Waals surface area contributed by atoms with Crippen LogP contribution in [0.25, 0.3) is 11.1 Å². The van der Waals surface area contributed by atoms with Gasteiger partial charge in [-0.05, 0) is 58.7 Å². The summed E-state index contributed by atoms with van der Waals surface area (Å²) in [5.41, 5.74) is 6.52. The first-order valence-electron chi connectivity index (χ1n) is 9.61. The fourth-order valence-corrected chi connectivity index (χ4v) is 3.21. The highest BCUT2D eigenvalue weighted by atomic mass is 16.5. The van der Waals surface area contributed by atoms with Crippen molar-refractivity contribution in [1.29, 1.82) is 0 Å². The molecule has 3 aromatic carbocycles. The molecular weight excluding hydrogens is 316 g/mol. The van der Waals surface area contributed by atoms with Gasteiger partial charge in [-0.2, -0.15) is 0 Å². The maximum absolute atomic E-state index is 6.05. The van der Waals surface area contributed by atoms with Gasteiger partial charge in [-0.3, -0.25) is 0 Å². The average Bonchev–Trinajstić information content (AvgIpc) is 2.72. The molecule has 1 heteroatoms. The Morgan fingerprint density at radius 3 is 2.38 bits per heavy atom. The first-order valence-corrected chi connectivity index (χ1v) is 9.61. The summed E-state index contributed by atoms with van der Waals surface area (Å²) in [7, 11) is 0. The molecule has 0 N–H and O–H groups in total. The highest BCUT2D eigenvalue weighted by molar-refractivity contribution is 5.70. The van der Waals surface area contributed by atoms with Crippen LogP contribution in [-0.4, -0.2) is 0 Å². The second kappa shape index (κ2) is 8.71. The van der Waals surface area contributed by atoms with Gasteiger partial charge in [-0.1, -0.05) is 81.4 Å². The zero-order valence-electron chi connectivity index (χ0n) is 16.0. The van der Waals surface area contributed by atoms with E-state index < -0.39 is 0 Å². The molecule has 0 saturated carbocycles. The summed E-state index contributed by atoms with van der Waals surface area (Å²) in [6, 6.07) is 25.7. The average molecular weight is 344 g/mol. The van der Waals surface area contributed by atoms with Crippen LogP contribution in [0.3, 0.4) is 0 Å². The number of aryl methyl sites for hydroxylation is 1. The number of hydrogen-bond acceptors (Lipinski definition) is 1. The fraction of sp³-hybridized carbons (Fsp3) is 0.280. The summed E-state index contributed by atoms with van der Waals surface area (Å²) >= 11 is 0. The van der Waals surface area contributed by atoms with Crippen molar-refractivity contribution < 1.29 is 4.74 Å². The summed E-state index contributed by atoms with van der Waals surface area (Å²) in [4.78, 5) is 0. The van der Waals surface area contributed by atoms with Crippen molar-refractivity contribution in [2.45, 2.75) is 46.1 Å². The van der Waals surface area contributed by atoms with Gasteiger partial charge in [-0.15, -0.1) is 0 Å². The van der Waals surface area contributed by atoms with E-state index in [1.54, 1.807) is 0 Å². The molecule has 0 unspecified atom stereocenters. The Hall–Kier alpha value is -2.54. The van der Waals surface area contributed by atoms with Gasteiger partial charge in [-0.25, -0.2) is 0 Å². The SMILES string of the molecule is CCc1ccc(OCc2ccccc2)cc1-c1cccc([C@H](C)CC)c1. The van der Waals surface area contributed by atoms with E-state index in [-0.39, 0.29) is 0 Å². The molecule has 3 aromatic rings. The third kappa shape index (κ3) is 4.35. The van der Waals surface area contributed by atoms with Crippen LogP contribution in [0, 0.1) is 0 Å². The molecule has 0 radical (unpaired) electrons. The summed E-state index contributed by atoms with van der Waals surface area (Å²) in [6.07, 6.45) is 2.17. The van der Waals surface area contributed by atoms with Crippen molar-refractivity contribution in [3.05, 3.63) is 89.5 Å². The Morgan fingerprint density at radius 2 is 1.65 bits per heavy atom. The van der Waals surface area contributed by atoms with Crippen molar-refractivity contribution in [3.63, 3.8) is 0 Å². The predicted molar refractivity (Wildman–Crippen MR) is 111 cm³/mol. The zero-order valence-corrected chi connectivity index (χ0v) is 16.0. The molecule has 0 aliphatic heterocycles. The Labute approximate surface area is 157 Å². The molecule has 0 aromatic heterocycles. The van der Waals surface area contributed by atoms with E-state index in [2.05, 4.69) is 75.4 Å². The largest absolute Gasteiger partial charge is 0.489 e. The normalized spacial score (nSPS) is 12.0. The van der Waals surface area contributed by atoms with Crippen molar-refractivity contribution in [1.82, 2.24) is 0 Å². The van der Waals surface area contributed by atoms with Crippen LogP contribution >= 0.6 is 0 Å². The molecule has 0 bridgehead atoms. The Balaban J connectivity index is 1.88. The summed E-state index contributed by atoms with van der Waals surface area (Å²) in [5.74, 6) is 1.51. The van der Waals surface area contributed by atoms with E-state index in [0.717, 1.165) is 18.6 Å². The molecule has 0 spiro atoms. The van der Waals surface area contributed by atoms with E-state index in [1.165, 1.54) is 27.8 Å². The van der Waals surface area contributed by atoms with Crippen LogP contribution in [0.15, 0.2) is 72.8 Å². The third-order valence-electron chi connectivity index (χ3n) is 5.09. The highest BCUT2D eigenvalue weighted by Gasteiger charge is 2.09. The van der Waals surface area contributed by atoms with Gasteiger partial charge in [0.2, 0.25) is 0 Å². The first kappa shape index (κ1) is 18.3. The smallest absolute Gasteiger partial charge is 0.120 e. The quantitative estimate of drug-likeness (QED) is 0.448. The van der Waals surface area contributed by atoms with Gasteiger partial charge < -0.3 is 4.74 Å². The molecule has 0 aliphatic rings. The summed E-state index contributed by atoms with van der Waals surface area (Å²) in [6.45, 7) is 7.34. The lowest BCUT2D eigenvalue weighted by Crippen LogP contribution is -1.97. The summed E-state index contributed by atoms with van der Waals surface area (Å²) in [5, 5.41) is 0. The summed E-state index contributed by atoms with van der Waals surface area (Å²) < 4.78 is 6.05. The van der Waals surface area contributed by atoms with Crippen LogP contribution < -0.4 is 4.74 Å². The Bertz CT molecular complexity index is 836. The Kier molecular flexibility index (Phi) is 6.12. The van der Waals surface area contributed by atoms with Crippen LogP contribution in [0.1, 0.15) is 49.8 Å². The van der Waals surface area contributed by atoms with Gasteiger partial charge in [0.1, 0.15) is 12.4 Å². The number of hydrogen-bond donors (Lipinski definition) is 0. The van der Waals surface area contributed by atoms with Crippen LogP contribution in [0.4, 0.5) is 0 Å². The van der Waals surface area contributed by atoms with Gasteiger partial charge in [0.05, 0.1) is 0 Å². The van der Waals surface area contributed by atoms with Gasteiger partial charge in [0, 0.05) is 0 Å². The van der Waals surface area contributed by atoms with E-state index in [1.807, 2.05) is 18.2 Å². The molecule has 1 atom stereocenters. The van der Waals surface area contributed by atoms with Crippen LogP contribution in [-0.2, 0) is 13.0 Å². The molecule has 0 fully saturated rings. The minimum absolute atomic E-state index is 0.581. The van der Waals surface area contributed by atoms with Gasteiger partial charge in [0.15, 0.2) is 0 Å². The minimum atomic E-state index is 0.581. The monoisotopic (exact) mass is 344 g/mol. The number of benzene rings is 3. The molecule has 134 valence electrons. The van der Waals surface area contributed by atoms with E-state index in [0.29, 0.717) is 12.5 Å². The van der Waals surface area contributed by atoms with Gasteiger partial charge >= 0.3 is 0 Å². The van der Waals surface area contributed by atoms with E-state index >= 15 is 0 Å². The number of ether oxygens (including phenoxy) is 1. The van der Waals surface area contributed by atoms with E-state index in [9.17, 15) is 0 Å². The molecule has 0 amide bonds. The highest BCUT2D eigenvalue weighted by Crippen LogP contribution is 2.31.